The number of nitrogens with one attached hydrogen (secondary N) is 1. The fourth-order valence-electron chi connectivity index (χ4n) is 4.74. The maximum Gasteiger partial charge on any atom is 0.414 e. The summed E-state index contributed by atoms with van der Waals surface area (Å²) >= 11 is 0. The Morgan fingerprint density at radius 2 is 1.81 bits per heavy atom. The molecule has 2 atom stereocenters. The molecule has 1 unspecified atom stereocenters. The normalized spacial score (nSPS) is 22.2. The number of hydrazine groups is 1. The number of hydrogen-bond donors (Lipinski definition) is 3. The van der Waals surface area contributed by atoms with Crippen molar-refractivity contribution in [3.05, 3.63) is 48.3 Å². The first-order valence-electron chi connectivity index (χ1n) is 11.9. The number of nitrogens with zero attached hydrogens (tertiary/aromatic N) is 5. The van der Waals surface area contributed by atoms with E-state index >= 15 is 4.39 Å². The highest BCUT2D eigenvalue weighted by Gasteiger charge is 2.45. The first-order valence-corrected chi connectivity index (χ1v) is 11.9. The van der Waals surface area contributed by atoms with Crippen molar-refractivity contribution in [3.8, 4) is 0 Å². The number of hydrogen-bond acceptors (Lipinski definition) is 8. The van der Waals surface area contributed by atoms with Crippen LogP contribution in [0.25, 0.3) is 0 Å². The predicted octanol–water partition coefficient (Wildman–Crippen LogP) is 1.12. The quantitative estimate of drug-likeness (QED) is 0.507. The standard InChI is InChI=1S/C24H28FN7O5/c1-15(33)27-13-19-14-29(24(36)37-19)18-6-7-21(20(25)12-18)28-8-10-30-22(34)32(23(35)31(30)11-9-28)17-4-2-16(26)3-5-17/h2-7,12,19,22,34H,8-11,13-14,26H2,1H3,(H,27,33)/t19-,22?/m0/s1. The zero-order valence-electron chi connectivity index (χ0n) is 20.2. The van der Waals surface area contributed by atoms with E-state index in [0.717, 1.165) is 0 Å². The van der Waals surface area contributed by atoms with Crippen LogP contribution in [0.5, 0.6) is 0 Å². The van der Waals surface area contributed by atoms with Crippen LogP contribution in [0.4, 0.5) is 36.7 Å². The Hall–Kier alpha value is -4.10. The van der Waals surface area contributed by atoms with Gasteiger partial charge in [-0.3, -0.25) is 19.6 Å². The molecule has 2 aromatic carbocycles. The molecule has 2 aromatic rings. The molecule has 0 radical (unpaired) electrons. The van der Waals surface area contributed by atoms with Gasteiger partial charge in [0.05, 0.1) is 31.0 Å². The third kappa shape index (κ3) is 4.70. The lowest BCUT2D eigenvalue weighted by atomic mass is 10.2. The monoisotopic (exact) mass is 513 g/mol. The molecule has 4 N–H and O–H groups in total. The highest BCUT2D eigenvalue weighted by atomic mass is 19.1. The van der Waals surface area contributed by atoms with E-state index in [4.69, 9.17) is 10.5 Å². The van der Waals surface area contributed by atoms with Crippen LogP contribution in [0.3, 0.4) is 0 Å². The summed E-state index contributed by atoms with van der Waals surface area (Å²) in [7, 11) is 0. The number of fused-ring (bicyclic) bond motifs is 1. The summed E-state index contributed by atoms with van der Waals surface area (Å²) in [6.45, 7) is 2.96. The van der Waals surface area contributed by atoms with Gasteiger partial charge in [-0.2, -0.15) is 5.01 Å². The second kappa shape index (κ2) is 9.75. The lowest BCUT2D eigenvalue weighted by Gasteiger charge is -2.26. The van der Waals surface area contributed by atoms with Gasteiger partial charge in [0, 0.05) is 37.9 Å². The van der Waals surface area contributed by atoms with Gasteiger partial charge < -0.3 is 25.8 Å². The van der Waals surface area contributed by atoms with E-state index in [9.17, 15) is 19.5 Å². The number of benzene rings is 2. The summed E-state index contributed by atoms with van der Waals surface area (Å²) < 4.78 is 20.5. The van der Waals surface area contributed by atoms with Crippen LogP contribution in [-0.4, -0.2) is 84.9 Å². The molecule has 0 bridgehead atoms. The van der Waals surface area contributed by atoms with Crippen LogP contribution < -0.4 is 25.8 Å². The van der Waals surface area contributed by atoms with Gasteiger partial charge in [0.1, 0.15) is 11.9 Å². The van der Waals surface area contributed by atoms with Gasteiger partial charge in [-0.1, -0.05) is 0 Å². The Bertz CT molecular complexity index is 1210. The number of halogens is 1. The Labute approximate surface area is 212 Å². The number of nitrogen functional groups attached to an aromatic ring is 1. The van der Waals surface area contributed by atoms with Crippen LogP contribution in [0.1, 0.15) is 6.92 Å². The topological polar surface area (TPSA) is 135 Å². The van der Waals surface area contributed by atoms with E-state index in [0.29, 0.717) is 35.8 Å². The van der Waals surface area contributed by atoms with E-state index in [1.54, 1.807) is 46.3 Å². The smallest absolute Gasteiger partial charge is 0.414 e. The third-order valence-electron chi connectivity index (χ3n) is 6.62. The van der Waals surface area contributed by atoms with Gasteiger partial charge >= 0.3 is 12.1 Å². The molecule has 3 fully saturated rings. The van der Waals surface area contributed by atoms with Gasteiger partial charge in [0.25, 0.3) is 0 Å². The number of rotatable bonds is 5. The minimum atomic E-state index is -1.20. The Kier molecular flexibility index (Phi) is 6.48. The number of cyclic esters (lactones) is 1. The largest absolute Gasteiger partial charge is 0.442 e. The highest BCUT2D eigenvalue weighted by Crippen LogP contribution is 2.32. The molecule has 3 aliphatic heterocycles. The summed E-state index contributed by atoms with van der Waals surface area (Å²) in [5.41, 5.74) is 7.48. The molecule has 3 aliphatic rings. The number of urea groups is 1. The van der Waals surface area contributed by atoms with E-state index in [1.807, 2.05) is 0 Å². The summed E-state index contributed by atoms with van der Waals surface area (Å²) in [5, 5.41) is 16.5. The maximum atomic E-state index is 15.2. The Morgan fingerprint density at radius 1 is 1.11 bits per heavy atom. The summed E-state index contributed by atoms with van der Waals surface area (Å²) in [6.07, 6.45) is -2.33. The zero-order valence-corrected chi connectivity index (χ0v) is 20.2. The number of aliphatic hydroxyl groups excluding tert-OH is 1. The van der Waals surface area contributed by atoms with Gasteiger partial charge in [-0.25, -0.2) is 14.0 Å². The van der Waals surface area contributed by atoms with Crippen molar-refractivity contribution in [2.45, 2.75) is 19.4 Å². The molecule has 37 heavy (non-hydrogen) atoms. The molecule has 196 valence electrons. The Morgan fingerprint density at radius 3 is 2.51 bits per heavy atom. The number of carbonyl (C=O) groups excluding carboxylic acids is 3. The van der Waals surface area contributed by atoms with Crippen LogP contribution in [0, 0.1) is 5.82 Å². The van der Waals surface area contributed by atoms with Gasteiger partial charge in [0.15, 0.2) is 0 Å². The van der Waals surface area contributed by atoms with Crippen molar-refractivity contribution >= 4 is 40.8 Å². The number of aliphatic hydroxyl groups is 1. The molecular formula is C24H28FN7O5. The van der Waals surface area contributed by atoms with E-state index in [2.05, 4.69) is 5.32 Å². The summed E-state index contributed by atoms with van der Waals surface area (Å²) in [5.74, 6) is -0.755. The molecule has 0 aromatic heterocycles. The minimum absolute atomic E-state index is 0.180. The van der Waals surface area contributed by atoms with Crippen LogP contribution in [0.15, 0.2) is 42.5 Å². The molecule has 4 amide bonds. The second-order valence-electron chi connectivity index (χ2n) is 9.05. The first kappa shape index (κ1) is 24.6. The average Bonchev–Trinajstić information content (AvgIpc) is 3.24. The number of anilines is 4. The molecule has 13 heteroatoms. The van der Waals surface area contributed by atoms with Crippen LogP contribution in [-0.2, 0) is 9.53 Å². The molecule has 0 aliphatic carbocycles. The van der Waals surface area contributed by atoms with Crippen molar-refractivity contribution in [3.63, 3.8) is 0 Å². The Balaban J connectivity index is 1.26. The van der Waals surface area contributed by atoms with E-state index in [1.165, 1.54) is 27.8 Å². The number of carbonyl (C=O) groups is 3. The van der Waals surface area contributed by atoms with Gasteiger partial charge in [0.2, 0.25) is 12.3 Å². The molecule has 3 heterocycles. The number of amides is 4. The zero-order chi connectivity index (χ0) is 26.3. The van der Waals surface area contributed by atoms with Crippen molar-refractivity contribution < 1.29 is 28.6 Å². The van der Waals surface area contributed by atoms with Crippen LogP contribution in [0.2, 0.25) is 0 Å². The van der Waals surface area contributed by atoms with Crippen molar-refractivity contribution in [1.82, 2.24) is 15.3 Å². The predicted molar refractivity (Wildman–Crippen MR) is 133 cm³/mol. The molecule has 0 spiro atoms. The fraction of sp³-hybridized carbons (Fsp3) is 0.375. The molecule has 12 nitrogen and oxygen atoms in total. The second-order valence-corrected chi connectivity index (χ2v) is 9.05. The van der Waals surface area contributed by atoms with E-state index < -0.39 is 24.4 Å². The third-order valence-corrected chi connectivity index (χ3v) is 6.62. The lowest BCUT2D eigenvalue weighted by molar-refractivity contribution is -0.119. The van der Waals surface area contributed by atoms with Crippen molar-refractivity contribution in [2.24, 2.45) is 0 Å². The summed E-state index contributed by atoms with van der Waals surface area (Å²) in [6, 6.07) is 10.8. The SMILES string of the molecule is CC(=O)NC[C@H]1CN(c2ccc(N3CCN4C(=O)N(c5ccc(N)cc5)C(O)N4CC3)c(F)c2)C(=O)O1. The number of ether oxygens (including phenoxy) is 1. The molecule has 5 rings (SSSR count). The van der Waals surface area contributed by atoms with E-state index in [-0.39, 0.29) is 38.1 Å². The lowest BCUT2D eigenvalue weighted by Crippen LogP contribution is -2.44. The van der Waals surface area contributed by atoms with Crippen LogP contribution >= 0.6 is 0 Å². The molecule has 3 saturated heterocycles. The fourth-order valence-corrected chi connectivity index (χ4v) is 4.74. The molecule has 0 saturated carbocycles. The maximum absolute atomic E-state index is 15.2. The average molecular weight is 514 g/mol. The van der Waals surface area contributed by atoms with Crippen molar-refractivity contribution in [2.75, 3.05) is 59.7 Å². The highest BCUT2D eigenvalue weighted by molar-refractivity contribution is 5.94. The number of nitrogens with two attached hydrogens (primary N) is 1. The van der Waals surface area contributed by atoms with Gasteiger partial charge in [-0.15, -0.1) is 0 Å². The first-order chi connectivity index (χ1) is 17.7. The van der Waals surface area contributed by atoms with Crippen molar-refractivity contribution in [1.29, 1.82) is 0 Å². The minimum Gasteiger partial charge on any atom is -0.442 e. The molecular weight excluding hydrogens is 485 g/mol. The van der Waals surface area contributed by atoms with Gasteiger partial charge in [-0.05, 0) is 42.5 Å². The summed E-state index contributed by atoms with van der Waals surface area (Å²) in [4.78, 5) is 40.9.